The summed E-state index contributed by atoms with van der Waals surface area (Å²) in [5, 5.41) is 2.94. The van der Waals surface area contributed by atoms with Crippen LogP contribution in [0, 0.1) is 11.8 Å². The van der Waals surface area contributed by atoms with Crippen LogP contribution in [0.5, 0.6) is 11.5 Å². The largest absolute Gasteiger partial charge is 0.493 e. The molecule has 0 spiro atoms. The molecule has 5 nitrogen and oxygen atoms in total. The van der Waals surface area contributed by atoms with E-state index in [0.29, 0.717) is 24.0 Å². The minimum absolute atomic E-state index is 0.101. The van der Waals surface area contributed by atoms with E-state index in [-0.39, 0.29) is 17.9 Å². The zero-order valence-electron chi connectivity index (χ0n) is 15.1. The number of rotatable bonds is 8. The first kappa shape index (κ1) is 19.3. The van der Waals surface area contributed by atoms with Crippen LogP contribution in [0.4, 0.5) is 0 Å². The molecule has 3 N–H and O–H groups in total. The van der Waals surface area contributed by atoms with Crippen LogP contribution in [0.2, 0.25) is 0 Å². The Morgan fingerprint density at radius 1 is 1.17 bits per heavy atom. The van der Waals surface area contributed by atoms with E-state index in [0.717, 1.165) is 5.56 Å². The monoisotopic (exact) mass is 322 g/mol. The van der Waals surface area contributed by atoms with Crippen molar-refractivity contribution in [1.82, 2.24) is 5.32 Å². The summed E-state index contributed by atoms with van der Waals surface area (Å²) in [7, 11) is 1.61. The Morgan fingerprint density at radius 3 is 2.35 bits per heavy atom. The summed E-state index contributed by atoms with van der Waals surface area (Å²) in [5.41, 5.74) is 6.82. The van der Waals surface area contributed by atoms with E-state index in [4.69, 9.17) is 15.2 Å². The van der Waals surface area contributed by atoms with Crippen molar-refractivity contribution < 1.29 is 14.3 Å². The van der Waals surface area contributed by atoms with Crippen molar-refractivity contribution in [2.45, 2.75) is 46.7 Å². The minimum Gasteiger partial charge on any atom is -0.493 e. The summed E-state index contributed by atoms with van der Waals surface area (Å²) >= 11 is 0. The summed E-state index contributed by atoms with van der Waals surface area (Å²) in [6, 6.07) is 5.04. The van der Waals surface area contributed by atoms with Gasteiger partial charge in [0.15, 0.2) is 11.5 Å². The van der Waals surface area contributed by atoms with Gasteiger partial charge in [0.05, 0.1) is 25.8 Å². The smallest absolute Gasteiger partial charge is 0.237 e. The zero-order valence-corrected chi connectivity index (χ0v) is 15.1. The second-order valence-corrected chi connectivity index (χ2v) is 6.62. The lowest BCUT2D eigenvalue weighted by Crippen LogP contribution is -2.44. The minimum atomic E-state index is -0.506. The van der Waals surface area contributed by atoms with Gasteiger partial charge in [0.25, 0.3) is 0 Å². The number of carbonyl (C=O) groups excluding carboxylic acids is 1. The fraction of sp³-hybridized carbons (Fsp3) is 0.611. The third kappa shape index (κ3) is 5.75. The normalized spacial score (nSPS) is 13.8. The molecule has 0 bridgehead atoms. The Hall–Kier alpha value is -1.75. The molecule has 0 fully saturated rings. The highest BCUT2D eigenvalue weighted by molar-refractivity contribution is 5.82. The maximum atomic E-state index is 12.1. The molecule has 0 saturated heterocycles. The first-order valence-corrected chi connectivity index (χ1v) is 8.13. The number of benzene rings is 1. The van der Waals surface area contributed by atoms with E-state index in [1.54, 1.807) is 7.11 Å². The Labute approximate surface area is 139 Å². The van der Waals surface area contributed by atoms with E-state index < -0.39 is 6.04 Å². The van der Waals surface area contributed by atoms with Gasteiger partial charge >= 0.3 is 0 Å². The molecule has 1 amide bonds. The molecule has 23 heavy (non-hydrogen) atoms. The van der Waals surface area contributed by atoms with Crippen LogP contribution >= 0.6 is 0 Å². The topological polar surface area (TPSA) is 73.6 Å². The van der Waals surface area contributed by atoms with Gasteiger partial charge in [-0.1, -0.05) is 33.8 Å². The van der Waals surface area contributed by atoms with Gasteiger partial charge in [-0.3, -0.25) is 4.79 Å². The van der Waals surface area contributed by atoms with Crippen LogP contribution in [0.1, 0.15) is 46.2 Å². The summed E-state index contributed by atoms with van der Waals surface area (Å²) in [5.74, 6) is 1.77. The average molecular weight is 322 g/mol. The van der Waals surface area contributed by atoms with Crippen LogP contribution in [0.25, 0.3) is 0 Å². The van der Waals surface area contributed by atoms with Crippen LogP contribution in [-0.4, -0.2) is 25.7 Å². The highest BCUT2D eigenvalue weighted by atomic mass is 16.5. The molecule has 1 aromatic carbocycles. The van der Waals surface area contributed by atoms with E-state index in [1.807, 2.05) is 39.0 Å². The predicted octanol–water partition coefficient (Wildman–Crippen LogP) is 2.89. The molecule has 2 atom stereocenters. The van der Waals surface area contributed by atoms with Crippen LogP contribution in [0.15, 0.2) is 18.2 Å². The van der Waals surface area contributed by atoms with Crippen LogP contribution in [0.3, 0.4) is 0 Å². The number of hydrogen-bond acceptors (Lipinski definition) is 4. The summed E-state index contributed by atoms with van der Waals surface area (Å²) in [4.78, 5) is 12.1. The zero-order chi connectivity index (χ0) is 17.6. The summed E-state index contributed by atoms with van der Waals surface area (Å²) in [6.07, 6.45) is 0. The first-order valence-electron chi connectivity index (χ1n) is 8.13. The lowest BCUT2D eigenvalue weighted by molar-refractivity contribution is -0.123. The van der Waals surface area contributed by atoms with Gasteiger partial charge in [-0.2, -0.15) is 0 Å². The fourth-order valence-electron chi connectivity index (χ4n) is 2.02. The van der Waals surface area contributed by atoms with Crippen LogP contribution in [-0.2, 0) is 4.79 Å². The third-order valence-corrected chi connectivity index (χ3v) is 3.64. The number of hydrogen-bond donors (Lipinski definition) is 2. The van der Waals surface area contributed by atoms with Crippen molar-refractivity contribution in [3.63, 3.8) is 0 Å². The Balaban J connectivity index is 2.82. The second kappa shape index (κ2) is 8.77. The van der Waals surface area contributed by atoms with E-state index in [1.165, 1.54) is 0 Å². The molecule has 0 aliphatic rings. The number of carbonyl (C=O) groups is 1. The lowest BCUT2D eigenvalue weighted by atomic mass is 10.0. The van der Waals surface area contributed by atoms with Gasteiger partial charge in [0.1, 0.15) is 0 Å². The molecular formula is C18H30N2O3. The molecule has 0 saturated carbocycles. The molecule has 0 radical (unpaired) electrons. The van der Waals surface area contributed by atoms with Crippen molar-refractivity contribution in [2.75, 3.05) is 13.7 Å². The number of amides is 1. The van der Waals surface area contributed by atoms with Crippen molar-refractivity contribution in [3.05, 3.63) is 23.8 Å². The average Bonchev–Trinajstić information content (AvgIpc) is 2.51. The van der Waals surface area contributed by atoms with Gasteiger partial charge < -0.3 is 20.5 Å². The predicted molar refractivity (Wildman–Crippen MR) is 92.7 cm³/mol. The van der Waals surface area contributed by atoms with Crippen molar-refractivity contribution >= 4 is 5.91 Å². The molecule has 1 aromatic rings. The molecule has 130 valence electrons. The SMILES string of the molecule is COc1cc(C(C)NC(=O)[C@@H](N)C(C)C)ccc1OCC(C)C. The third-order valence-electron chi connectivity index (χ3n) is 3.64. The van der Waals surface area contributed by atoms with E-state index in [2.05, 4.69) is 19.2 Å². The molecule has 0 aliphatic heterocycles. The standard InChI is InChI=1S/C18H30N2O3/c1-11(2)10-23-15-8-7-14(9-16(15)22-6)13(5)20-18(21)17(19)12(3)4/h7-9,11-13,17H,10,19H2,1-6H3,(H,20,21)/t13?,17-/m0/s1. The van der Waals surface area contributed by atoms with Gasteiger partial charge in [-0.05, 0) is 36.5 Å². The van der Waals surface area contributed by atoms with Crippen molar-refractivity contribution in [3.8, 4) is 11.5 Å². The molecule has 5 heteroatoms. The fourth-order valence-corrected chi connectivity index (χ4v) is 2.02. The number of methoxy groups -OCH3 is 1. The maximum absolute atomic E-state index is 12.1. The van der Waals surface area contributed by atoms with Gasteiger partial charge in [-0.15, -0.1) is 0 Å². The Kier molecular flexibility index (Phi) is 7.36. The van der Waals surface area contributed by atoms with Crippen molar-refractivity contribution in [1.29, 1.82) is 0 Å². The second-order valence-electron chi connectivity index (χ2n) is 6.62. The number of nitrogens with two attached hydrogens (primary N) is 1. The molecule has 0 aromatic heterocycles. The van der Waals surface area contributed by atoms with Crippen LogP contribution < -0.4 is 20.5 Å². The Morgan fingerprint density at radius 2 is 1.83 bits per heavy atom. The molecule has 0 aliphatic carbocycles. The molecule has 0 heterocycles. The number of nitrogens with one attached hydrogen (secondary N) is 1. The highest BCUT2D eigenvalue weighted by Crippen LogP contribution is 2.30. The maximum Gasteiger partial charge on any atom is 0.237 e. The Bertz CT molecular complexity index is 515. The van der Waals surface area contributed by atoms with E-state index >= 15 is 0 Å². The molecule has 1 rings (SSSR count). The number of ether oxygens (including phenoxy) is 2. The van der Waals surface area contributed by atoms with Gasteiger partial charge in [0, 0.05) is 0 Å². The van der Waals surface area contributed by atoms with Gasteiger partial charge in [-0.25, -0.2) is 0 Å². The quantitative estimate of drug-likeness (QED) is 0.772. The van der Waals surface area contributed by atoms with Crippen molar-refractivity contribution in [2.24, 2.45) is 17.6 Å². The molecular weight excluding hydrogens is 292 g/mol. The van der Waals surface area contributed by atoms with E-state index in [9.17, 15) is 4.79 Å². The van der Waals surface area contributed by atoms with Gasteiger partial charge in [0.2, 0.25) is 5.91 Å². The lowest BCUT2D eigenvalue weighted by Gasteiger charge is -2.21. The molecule has 1 unspecified atom stereocenters. The first-order chi connectivity index (χ1) is 10.8. The highest BCUT2D eigenvalue weighted by Gasteiger charge is 2.20. The summed E-state index contributed by atoms with van der Waals surface area (Å²) < 4.78 is 11.1. The summed E-state index contributed by atoms with van der Waals surface area (Å²) in [6.45, 7) is 10.6.